The van der Waals surface area contributed by atoms with Gasteiger partial charge in [0.25, 0.3) is 5.56 Å². The van der Waals surface area contributed by atoms with Crippen LogP contribution in [0.3, 0.4) is 0 Å². The lowest BCUT2D eigenvalue weighted by Gasteiger charge is -2.27. The predicted octanol–water partition coefficient (Wildman–Crippen LogP) is 6.69. The van der Waals surface area contributed by atoms with Crippen molar-refractivity contribution >= 4 is 55.2 Å². The molecular weight excluding hydrogens is 696 g/mol. The highest BCUT2D eigenvalue weighted by molar-refractivity contribution is 9.10. The first-order valence-corrected chi connectivity index (χ1v) is 16.3. The van der Waals surface area contributed by atoms with E-state index < -0.39 is 12.0 Å². The van der Waals surface area contributed by atoms with Crippen LogP contribution >= 0.6 is 43.2 Å². The fourth-order valence-corrected chi connectivity index (χ4v) is 6.56. The number of nitrogens with zero attached hydrogens (tertiary/aromatic N) is 2. The van der Waals surface area contributed by atoms with Crippen molar-refractivity contribution in [2.24, 2.45) is 4.99 Å². The summed E-state index contributed by atoms with van der Waals surface area (Å²) in [7, 11) is 1.57. The van der Waals surface area contributed by atoms with Gasteiger partial charge in [-0.1, -0.05) is 80.8 Å². The molecule has 0 amide bonds. The third kappa shape index (κ3) is 6.87. The van der Waals surface area contributed by atoms with Gasteiger partial charge in [-0.25, -0.2) is 9.79 Å². The van der Waals surface area contributed by atoms with E-state index in [2.05, 4.69) is 31.9 Å². The zero-order chi connectivity index (χ0) is 30.5. The highest BCUT2D eigenvalue weighted by Crippen LogP contribution is 2.38. The molecular formula is C33H30Br2N2O5S. The number of fused-ring (bicyclic) bond motifs is 1. The van der Waals surface area contributed by atoms with Crippen LogP contribution in [0.4, 0.5) is 0 Å². The van der Waals surface area contributed by atoms with E-state index in [9.17, 15) is 9.59 Å². The van der Waals surface area contributed by atoms with Crippen molar-refractivity contribution in [3.8, 4) is 11.5 Å². The number of hydrogen-bond acceptors (Lipinski definition) is 7. The van der Waals surface area contributed by atoms with Gasteiger partial charge in [0.2, 0.25) is 0 Å². The molecule has 0 spiro atoms. The highest BCUT2D eigenvalue weighted by Gasteiger charge is 2.36. The number of carbonyl (C=O) groups is 1. The van der Waals surface area contributed by atoms with Crippen LogP contribution in [0.2, 0.25) is 0 Å². The summed E-state index contributed by atoms with van der Waals surface area (Å²) >= 11 is 8.30. The zero-order valence-corrected chi connectivity index (χ0v) is 27.9. The number of ether oxygens (including phenoxy) is 3. The smallest absolute Gasteiger partial charge is 0.338 e. The second-order valence-electron chi connectivity index (χ2n) is 9.78. The van der Waals surface area contributed by atoms with Crippen LogP contribution in [0, 0.1) is 0 Å². The SMILES string of the molecule is CCCC1=C(C(=O)OCC)[C@H](c2cc(Br)ccc2OC)n2c(s/c(=C/c3ccc(OCc4ccc(Br)cc4)cc3)c2=O)=N1. The average molecular weight is 726 g/mol. The topological polar surface area (TPSA) is 79.1 Å². The number of halogens is 2. The molecule has 2 heterocycles. The van der Waals surface area contributed by atoms with E-state index in [0.717, 1.165) is 32.2 Å². The number of benzene rings is 3. The van der Waals surface area contributed by atoms with Gasteiger partial charge in [0.15, 0.2) is 4.80 Å². The molecule has 7 nitrogen and oxygen atoms in total. The lowest BCUT2D eigenvalue weighted by Crippen LogP contribution is -2.40. The molecule has 0 radical (unpaired) electrons. The number of thiazole rings is 1. The number of methoxy groups -OCH3 is 1. The van der Waals surface area contributed by atoms with Crippen LogP contribution in [0.15, 0.2) is 96.7 Å². The van der Waals surface area contributed by atoms with Crippen molar-refractivity contribution in [2.75, 3.05) is 13.7 Å². The Morgan fingerprint density at radius 3 is 2.42 bits per heavy atom. The third-order valence-electron chi connectivity index (χ3n) is 6.88. The highest BCUT2D eigenvalue weighted by atomic mass is 79.9. The summed E-state index contributed by atoms with van der Waals surface area (Å²) in [5, 5.41) is 0. The first kappa shape index (κ1) is 31.0. The molecule has 222 valence electrons. The minimum atomic E-state index is -0.763. The lowest BCUT2D eigenvalue weighted by molar-refractivity contribution is -0.139. The average Bonchev–Trinajstić information content (AvgIpc) is 3.31. The number of allylic oxidation sites excluding steroid dienone is 1. The monoisotopic (exact) mass is 724 g/mol. The fourth-order valence-electron chi connectivity index (χ4n) is 4.89. The molecule has 0 fully saturated rings. The number of esters is 1. The summed E-state index contributed by atoms with van der Waals surface area (Å²) in [6.07, 6.45) is 3.17. The standard InChI is InChI=1S/C33H30Br2N2O5S/c1-4-6-26-29(32(39)41-5-2)30(25-18-23(35)13-16-27(25)40-3)37-31(38)28(43-33(37)36-26)17-20-9-14-24(15-10-20)42-19-21-7-11-22(34)12-8-21/h7-18,30H,4-6,19H2,1-3H3/b28-17+/t30-/m0/s1. The van der Waals surface area contributed by atoms with Crippen LogP contribution < -0.4 is 24.4 Å². The molecule has 1 aromatic heterocycles. The van der Waals surface area contributed by atoms with Gasteiger partial charge in [0.05, 0.1) is 29.5 Å². The molecule has 5 rings (SSSR count). The summed E-state index contributed by atoms with van der Waals surface area (Å²) in [5.41, 5.74) is 3.30. The van der Waals surface area contributed by atoms with Crippen LogP contribution in [-0.2, 0) is 16.1 Å². The van der Waals surface area contributed by atoms with Gasteiger partial charge in [0.1, 0.15) is 24.1 Å². The number of carbonyl (C=O) groups excluding carboxylic acids is 1. The van der Waals surface area contributed by atoms with Crippen molar-refractivity contribution in [1.82, 2.24) is 4.57 Å². The molecule has 1 aliphatic rings. The summed E-state index contributed by atoms with van der Waals surface area (Å²) in [5.74, 6) is 0.794. The van der Waals surface area contributed by atoms with Crippen molar-refractivity contribution in [2.45, 2.75) is 39.3 Å². The first-order chi connectivity index (χ1) is 20.8. The maximum Gasteiger partial charge on any atom is 0.338 e. The molecule has 3 aromatic carbocycles. The van der Waals surface area contributed by atoms with E-state index in [-0.39, 0.29) is 12.2 Å². The molecule has 10 heteroatoms. The second-order valence-corrected chi connectivity index (χ2v) is 12.6. The van der Waals surface area contributed by atoms with E-state index in [1.54, 1.807) is 18.6 Å². The Hall–Kier alpha value is -3.47. The molecule has 1 atom stereocenters. The van der Waals surface area contributed by atoms with Crippen LogP contribution in [0.25, 0.3) is 6.08 Å². The van der Waals surface area contributed by atoms with E-state index in [0.29, 0.717) is 44.9 Å². The maximum absolute atomic E-state index is 14.1. The molecule has 0 saturated carbocycles. The minimum Gasteiger partial charge on any atom is -0.496 e. The van der Waals surface area contributed by atoms with Gasteiger partial charge >= 0.3 is 5.97 Å². The first-order valence-electron chi connectivity index (χ1n) is 13.9. The molecule has 43 heavy (non-hydrogen) atoms. The predicted molar refractivity (Wildman–Crippen MR) is 175 cm³/mol. The quantitative estimate of drug-likeness (QED) is 0.170. The van der Waals surface area contributed by atoms with Gasteiger partial charge in [-0.05, 0) is 73.0 Å². The Kier molecular flexibility index (Phi) is 10.00. The van der Waals surface area contributed by atoms with E-state index in [4.69, 9.17) is 19.2 Å². The maximum atomic E-state index is 14.1. The normalized spacial score (nSPS) is 14.7. The van der Waals surface area contributed by atoms with Crippen LogP contribution in [0.1, 0.15) is 49.4 Å². The molecule has 1 aliphatic heterocycles. The number of hydrogen-bond donors (Lipinski definition) is 0. The fraction of sp³-hybridized carbons (Fsp3) is 0.242. The number of rotatable bonds is 10. The van der Waals surface area contributed by atoms with Gasteiger partial charge in [-0.2, -0.15) is 0 Å². The Bertz CT molecular complexity index is 1840. The molecule has 4 aromatic rings. The van der Waals surface area contributed by atoms with Crippen molar-refractivity contribution < 1.29 is 19.0 Å². The van der Waals surface area contributed by atoms with E-state index >= 15 is 0 Å². The Morgan fingerprint density at radius 1 is 1.02 bits per heavy atom. The van der Waals surface area contributed by atoms with Crippen molar-refractivity contribution in [3.63, 3.8) is 0 Å². The van der Waals surface area contributed by atoms with Crippen LogP contribution in [0.5, 0.6) is 11.5 Å². The third-order valence-corrected chi connectivity index (χ3v) is 8.88. The Labute approximate surface area is 270 Å². The molecule has 0 N–H and O–H groups in total. The van der Waals surface area contributed by atoms with E-state index in [1.807, 2.05) is 79.7 Å². The summed E-state index contributed by atoms with van der Waals surface area (Å²) in [6, 6.07) is 20.4. The van der Waals surface area contributed by atoms with E-state index in [1.165, 1.54) is 11.3 Å². The summed E-state index contributed by atoms with van der Waals surface area (Å²) < 4.78 is 21.0. The van der Waals surface area contributed by atoms with Gasteiger partial charge < -0.3 is 14.2 Å². The van der Waals surface area contributed by atoms with Gasteiger partial charge in [-0.3, -0.25) is 9.36 Å². The minimum absolute atomic E-state index is 0.206. The Balaban J connectivity index is 1.57. The second kappa shape index (κ2) is 13.9. The van der Waals surface area contributed by atoms with Gasteiger partial charge in [-0.15, -0.1) is 0 Å². The molecule has 0 saturated heterocycles. The molecule has 0 bridgehead atoms. The van der Waals surface area contributed by atoms with Crippen molar-refractivity contribution in [3.05, 3.63) is 123 Å². The largest absolute Gasteiger partial charge is 0.496 e. The Morgan fingerprint density at radius 2 is 1.74 bits per heavy atom. The lowest BCUT2D eigenvalue weighted by atomic mass is 9.93. The van der Waals surface area contributed by atoms with Crippen molar-refractivity contribution in [1.29, 1.82) is 0 Å². The molecule has 0 aliphatic carbocycles. The zero-order valence-electron chi connectivity index (χ0n) is 23.9. The van der Waals surface area contributed by atoms with Gasteiger partial charge in [0, 0.05) is 14.5 Å². The number of aromatic nitrogens is 1. The van der Waals surface area contributed by atoms with Crippen LogP contribution in [-0.4, -0.2) is 24.3 Å². The summed E-state index contributed by atoms with van der Waals surface area (Å²) in [6.45, 7) is 4.45. The summed E-state index contributed by atoms with van der Waals surface area (Å²) in [4.78, 5) is 32.8. The molecule has 0 unspecified atom stereocenters.